The van der Waals surface area contributed by atoms with Crippen LogP contribution in [0.25, 0.3) is 11.3 Å². The average Bonchev–Trinajstić information content (AvgIpc) is 3.17. The lowest BCUT2D eigenvalue weighted by Gasteiger charge is -2.10. The Balaban J connectivity index is 1.65. The first-order valence-corrected chi connectivity index (χ1v) is 8.56. The number of anilines is 1. The Morgan fingerprint density at radius 3 is 2.59 bits per heavy atom. The summed E-state index contributed by atoms with van der Waals surface area (Å²) in [5.41, 5.74) is 2.00. The third-order valence-electron chi connectivity index (χ3n) is 3.80. The second-order valence-corrected chi connectivity index (χ2v) is 6.05. The molecule has 0 fully saturated rings. The molecule has 0 aliphatic carbocycles. The normalized spacial score (nSPS) is 10.3. The molecule has 0 atom stereocenters. The first-order chi connectivity index (χ1) is 13.1. The number of nitrogens with one attached hydrogen (secondary N) is 2. The van der Waals surface area contributed by atoms with E-state index in [1.54, 1.807) is 43.5 Å². The second-order valence-electron chi connectivity index (χ2n) is 5.64. The van der Waals surface area contributed by atoms with Crippen LogP contribution in [-0.4, -0.2) is 23.2 Å². The molecule has 7 heteroatoms. The van der Waals surface area contributed by atoms with Crippen molar-refractivity contribution < 1.29 is 19.1 Å². The van der Waals surface area contributed by atoms with Crippen molar-refractivity contribution >= 4 is 28.9 Å². The number of furan rings is 1. The minimum Gasteiger partial charge on any atom is -0.497 e. The maximum atomic E-state index is 12.3. The van der Waals surface area contributed by atoms with Gasteiger partial charge >= 0.3 is 0 Å². The van der Waals surface area contributed by atoms with E-state index in [1.165, 1.54) is 0 Å². The Hall–Kier alpha value is -3.16. The number of hydrogen-bond donors (Lipinski definition) is 3. The lowest BCUT2D eigenvalue weighted by atomic mass is 10.1. The van der Waals surface area contributed by atoms with Crippen molar-refractivity contribution in [2.75, 3.05) is 12.4 Å². The van der Waals surface area contributed by atoms with Gasteiger partial charge in [0.25, 0.3) is 5.91 Å². The molecule has 0 saturated heterocycles. The van der Waals surface area contributed by atoms with E-state index < -0.39 is 0 Å². The Morgan fingerprint density at radius 2 is 1.93 bits per heavy atom. The van der Waals surface area contributed by atoms with E-state index in [0.717, 1.165) is 5.56 Å². The molecule has 6 nitrogen and oxygen atoms in total. The molecule has 0 radical (unpaired) electrons. The molecule has 0 bridgehead atoms. The van der Waals surface area contributed by atoms with Gasteiger partial charge in [-0.1, -0.05) is 12.1 Å². The number of amides is 1. The van der Waals surface area contributed by atoms with Gasteiger partial charge in [0.05, 0.1) is 7.11 Å². The number of benzene rings is 2. The predicted molar refractivity (Wildman–Crippen MR) is 107 cm³/mol. The second kappa shape index (κ2) is 8.48. The molecule has 0 aliphatic heterocycles. The van der Waals surface area contributed by atoms with Crippen molar-refractivity contribution in [1.29, 1.82) is 0 Å². The standard InChI is InChI=1S/C20H18N2O4S/c1-25-16-7-5-13(6-8-16)19(24)22-20(27)21-15-4-2-3-14(11-15)18-10-9-17(12-23)26-18/h2-11,23H,12H2,1H3,(H2,21,22,24,27). The summed E-state index contributed by atoms with van der Waals surface area (Å²) in [6.45, 7) is -0.153. The number of carbonyl (C=O) groups excluding carboxylic acids is 1. The van der Waals surface area contributed by atoms with Crippen molar-refractivity contribution in [1.82, 2.24) is 5.32 Å². The lowest BCUT2D eigenvalue weighted by molar-refractivity contribution is 0.0977. The molecule has 138 valence electrons. The summed E-state index contributed by atoms with van der Waals surface area (Å²) < 4.78 is 10.6. The van der Waals surface area contributed by atoms with Crippen molar-refractivity contribution in [3.8, 4) is 17.1 Å². The predicted octanol–water partition coefficient (Wildman–Crippen LogP) is 3.57. The van der Waals surface area contributed by atoms with Gasteiger partial charge in [0.15, 0.2) is 5.11 Å². The quantitative estimate of drug-likeness (QED) is 0.585. The smallest absolute Gasteiger partial charge is 0.257 e. The topological polar surface area (TPSA) is 83.7 Å². The summed E-state index contributed by atoms with van der Waals surface area (Å²) in [7, 11) is 1.57. The van der Waals surface area contributed by atoms with Crippen LogP contribution in [0, 0.1) is 0 Å². The third kappa shape index (κ3) is 4.72. The molecule has 1 amide bonds. The van der Waals surface area contributed by atoms with Crippen molar-refractivity contribution in [2.45, 2.75) is 6.61 Å². The van der Waals surface area contributed by atoms with Crippen LogP contribution >= 0.6 is 12.2 Å². The molecular formula is C20H18N2O4S. The van der Waals surface area contributed by atoms with Gasteiger partial charge in [0, 0.05) is 16.8 Å². The molecule has 0 aliphatic rings. The lowest BCUT2D eigenvalue weighted by Crippen LogP contribution is -2.34. The molecule has 0 saturated carbocycles. The van der Waals surface area contributed by atoms with Gasteiger partial charge in [-0.05, 0) is 60.7 Å². The van der Waals surface area contributed by atoms with Crippen molar-refractivity contribution in [3.63, 3.8) is 0 Å². The number of methoxy groups -OCH3 is 1. The molecule has 3 N–H and O–H groups in total. The first-order valence-electron chi connectivity index (χ1n) is 8.15. The van der Waals surface area contributed by atoms with Crippen LogP contribution in [0.5, 0.6) is 5.75 Å². The molecule has 1 aromatic heterocycles. The SMILES string of the molecule is COc1ccc(C(=O)NC(=S)Nc2cccc(-c3ccc(CO)o3)c2)cc1. The Kier molecular flexibility index (Phi) is 5.85. The number of aliphatic hydroxyl groups excluding tert-OH is 1. The fourth-order valence-electron chi connectivity index (χ4n) is 2.45. The Bertz CT molecular complexity index is 951. The Morgan fingerprint density at radius 1 is 1.15 bits per heavy atom. The van der Waals surface area contributed by atoms with Crippen molar-refractivity contribution in [3.05, 3.63) is 72.0 Å². The molecule has 27 heavy (non-hydrogen) atoms. The molecule has 0 unspecified atom stereocenters. The van der Waals surface area contributed by atoms with Gasteiger partial charge in [0.2, 0.25) is 0 Å². The van der Waals surface area contributed by atoms with Gasteiger partial charge in [-0.25, -0.2) is 0 Å². The molecule has 3 rings (SSSR count). The number of rotatable bonds is 5. The van der Waals surface area contributed by atoms with E-state index in [0.29, 0.717) is 28.5 Å². The number of aliphatic hydroxyl groups is 1. The number of hydrogen-bond acceptors (Lipinski definition) is 5. The minimum atomic E-state index is -0.315. The number of carbonyl (C=O) groups is 1. The fraction of sp³-hybridized carbons (Fsp3) is 0.100. The molecule has 2 aromatic carbocycles. The zero-order valence-electron chi connectivity index (χ0n) is 14.6. The fourth-order valence-corrected chi connectivity index (χ4v) is 2.66. The van der Waals surface area contributed by atoms with Gasteiger partial charge in [-0.15, -0.1) is 0 Å². The highest BCUT2D eigenvalue weighted by molar-refractivity contribution is 7.80. The van der Waals surface area contributed by atoms with E-state index in [-0.39, 0.29) is 17.6 Å². The van der Waals surface area contributed by atoms with E-state index in [9.17, 15) is 4.79 Å². The third-order valence-corrected chi connectivity index (χ3v) is 4.01. The van der Waals surface area contributed by atoms with Crippen LogP contribution < -0.4 is 15.4 Å². The number of ether oxygens (including phenoxy) is 1. The highest BCUT2D eigenvalue weighted by Gasteiger charge is 2.09. The summed E-state index contributed by atoms with van der Waals surface area (Å²) in [4.78, 5) is 12.3. The van der Waals surface area contributed by atoms with Crippen LogP contribution in [0.3, 0.4) is 0 Å². The minimum absolute atomic E-state index is 0.153. The maximum Gasteiger partial charge on any atom is 0.257 e. The molecule has 1 heterocycles. The van der Waals surface area contributed by atoms with E-state index in [1.807, 2.05) is 24.3 Å². The van der Waals surface area contributed by atoms with Crippen LogP contribution in [0.4, 0.5) is 5.69 Å². The van der Waals surface area contributed by atoms with Gasteiger partial charge in [0.1, 0.15) is 23.9 Å². The zero-order valence-corrected chi connectivity index (χ0v) is 15.4. The summed E-state index contributed by atoms with van der Waals surface area (Å²) in [5, 5.41) is 14.9. The molecular weight excluding hydrogens is 364 g/mol. The van der Waals surface area contributed by atoms with Gasteiger partial charge in [-0.2, -0.15) is 0 Å². The largest absolute Gasteiger partial charge is 0.497 e. The first kappa shape index (κ1) is 18.6. The van der Waals surface area contributed by atoms with Crippen LogP contribution in [-0.2, 0) is 6.61 Å². The maximum absolute atomic E-state index is 12.3. The summed E-state index contributed by atoms with van der Waals surface area (Å²) in [5.74, 6) is 1.48. The highest BCUT2D eigenvalue weighted by Crippen LogP contribution is 2.25. The van der Waals surface area contributed by atoms with Crippen LogP contribution in [0.15, 0.2) is 65.1 Å². The average molecular weight is 382 g/mol. The van der Waals surface area contributed by atoms with Crippen LogP contribution in [0.2, 0.25) is 0 Å². The molecule has 3 aromatic rings. The highest BCUT2D eigenvalue weighted by atomic mass is 32.1. The zero-order chi connectivity index (χ0) is 19.2. The van der Waals surface area contributed by atoms with Crippen LogP contribution in [0.1, 0.15) is 16.1 Å². The summed E-state index contributed by atoms with van der Waals surface area (Å²) in [6, 6.07) is 17.6. The molecule has 0 spiro atoms. The van der Waals surface area contributed by atoms with E-state index in [2.05, 4.69) is 10.6 Å². The Labute approximate surface area is 161 Å². The summed E-state index contributed by atoms with van der Waals surface area (Å²) >= 11 is 5.22. The summed E-state index contributed by atoms with van der Waals surface area (Å²) in [6.07, 6.45) is 0. The van der Waals surface area contributed by atoms with Gasteiger partial charge in [-0.3, -0.25) is 10.1 Å². The number of thiocarbonyl (C=S) groups is 1. The monoisotopic (exact) mass is 382 g/mol. The van der Waals surface area contributed by atoms with E-state index in [4.69, 9.17) is 26.5 Å². The van der Waals surface area contributed by atoms with Crippen molar-refractivity contribution in [2.24, 2.45) is 0 Å². The van der Waals surface area contributed by atoms with E-state index >= 15 is 0 Å². The van der Waals surface area contributed by atoms with Gasteiger partial charge < -0.3 is 19.6 Å².